The SMILES string of the molecule is COS(=O)(=O)[O-].C[N+](C)(C)CCSc1cc(Nc2cccc(S(=O)(=O)CCO)c2)c2c(c1N)C(=O)c1ccccc1C2=O. The average Bonchev–Trinajstić information content (AvgIpc) is 2.92. The second kappa shape index (κ2) is 13.5. The molecule has 0 amide bonds. The third kappa shape index (κ3) is 8.63. The third-order valence-corrected chi connectivity index (χ3v) is 9.39. The van der Waals surface area contributed by atoms with Crippen molar-refractivity contribution < 1.29 is 44.8 Å². The van der Waals surface area contributed by atoms with Crippen LogP contribution >= 0.6 is 11.8 Å². The van der Waals surface area contributed by atoms with Crippen LogP contribution in [0.15, 0.2) is 64.4 Å². The number of nitrogens with one attached hydrogen (secondary N) is 1. The minimum Gasteiger partial charge on any atom is -0.726 e. The lowest BCUT2D eigenvalue weighted by Crippen LogP contribution is -2.36. The number of ketones is 2. The maximum atomic E-state index is 13.6. The van der Waals surface area contributed by atoms with Crippen LogP contribution in [0.2, 0.25) is 0 Å². The van der Waals surface area contributed by atoms with Gasteiger partial charge >= 0.3 is 0 Å². The zero-order valence-electron chi connectivity index (χ0n) is 24.0. The van der Waals surface area contributed by atoms with Gasteiger partial charge in [-0.3, -0.25) is 13.8 Å². The number of nitrogens with two attached hydrogens (primary N) is 1. The Morgan fingerprint density at radius 1 is 0.953 bits per heavy atom. The predicted octanol–water partition coefficient (Wildman–Crippen LogP) is 2.45. The molecule has 0 aromatic heterocycles. The predicted molar refractivity (Wildman–Crippen MR) is 163 cm³/mol. The summed E-state index contributed by atoms with van der Waals surface area (Å²) < 4.78 is 56.8. The average molecular weight is 652 g/mol. The number of benzene rings is 3. The maximum Gasteiger partial charge on any atom is 0.217 e. The summed E-state index contributed by atoms with van der Waals surface area (Å²) in [6.07, 6.45) is 0. The van der Waals surface area contributed by atoms with E-state index in [2.05, 4.69) is 30.6 Å². The number of aliphatic hydroxyl groups is 1. The summed E-state index contributed by atoms with van der Waals surface area (Å²) in [6, 6.07) is 14.6. The van der Waals surface area contributed by atoms with Gasteiger partial charge in [0.25, 0.3) is 0 Å². The molecule has 3 aromatic rings. The van der Waals surface area contributed by atoms with Crippen molar-refractivity contribution in [3.63, 3.8) is 0 Å². The Labute approximate surface area is 255 Å². The second-order valence-corrected chi connectivity index (χ2v) is 14.8. The molecule has 0 saturated carbocycles. The number of carbonyl (C=O) groups excluding carboxylic acids is 2. The van der Waals surface area contributed by atoms with Gasteiger partial charge in [0.1, 0.15) is 0 Å². The fraction of sp³-hybridized carbons (Fsp3) is 0.286. The normalized spacial score (nSPS) is 13.1. The van der Waals surface area contributed by atoms with Crippen molar-refractivity contribution in [1.82, 2.24) is 0 Å². The number of anilines is 3. The van der Waals surface area contributed by atoms with Crippen molar-refractivity contribution in [3.05, 3.63) is 76.9 Å². The van der Waals surface area contributed by atoms with Gasteiger partial charge in [-0.05, 0) is 24.3 Å². The fourth-order valence-corrected chi connectivity index (χ4v) is 6.49. The van der Waals surface area contributed by atoms with E-state index < -0.39 is 32.6 Å². The highest BCUT2D eigenvalue weighted by Crippen LogP contribution is 2.42. The summed E-state index contributed by atoms with van der Waals surface area (Å²) in [5, 5.41) is 12.3. The number of sulfone groups is 1. The minimum absolute atomic E-state index is 0.0427. The zero-order chi connectivity index (χ0) is 32.2. The maximum absolute atomic E-state index is 13.6. The molecule has 4 rings (SSSR count). The highest BCUT2D eigenvalue weighted by Gasteiger charge is 2.35. The number of thioether (sulfide) groups is 1. The molecule has 12 nitrogen and oxygen atoms in total. The van der Waals surface area contributed by atoms with Crippen LogP contribution in [-0.4, -0.2) is 95.5 Å². The Bertz CT molecular complexity index is 1750. The number of nitrogens with zero attached hydrogens (tertiary/aromatic N) is 1. The third-order valence-electron chi connectivity index (χ3n) is 6.26. The summed E-state index contributed by atoms with van der Waals surface area (Å²) in [5.74, 6) is -0.310. The van der Waals surface area contributed by atoms with Crippen molar-refractivity contribution in [2.45, 2.75) is 9.79 Å². The van der Waals surface area contributed by atoms with Crippen molar-refractivity contribution in [3.8, 4) is 0 Å². The van der Waals surface area contributed by atoms with Gasteiger partial charge in [-0.25, -0.2) is 16.8 Å². The van der Waals surface area contributed by atoms with Crippen LogP contribution in [-0.2, 0) is 24.4 Å². The molecule has 15 heteroatoms. The molecule has 1 aliphatic carbocycles. The molecule has 0 aliphatic heterocycles. The molecule has 3 aromatic carbocycles. The standard InChI is InChI=1S/C27H29N3O5S2.CH4O4S/c1-30(2,3)11-13-36-22-16-21(29-17-7-6-8-18(15-17)37(34,35)14-12-31)23-24(25(22)28)27(33)20-10-5-4-9-19(20)26(23)32;1-5-6(2,3)4/h4-10,15-16,31H,11-14H2,1-3H3,(H2-,28,29,32,33);1H3,(H,2,3,4). The van der Waals surface area contributed by atoms with Crippen LogP contribution in [0, 0.1) is 0 Å². The van der Waals surface area contributed by atoms with E-state index in [0.717, 1.165) is 23.9 Å². The number of nitrogen functional groups attached to an aromatic ring is 1. The van der Waals surface area contributed by atoms with Gasteiger partial charge in [0.15, 0.2) is 21.4 Å². The molecule has 0 spiro atoms. The van der Waals surface area contributed by atoms with E-state index in [-0.39, 0.29) is 33.3 Å². The Morgan fingerprint density at radius 3 is 2.07 bits per heavy atom. The highest BCUT2D eigenvalue weighted by molar-refractivity contribution is 7.99. The van der Waals surface area contributed by atoms with Crippen LogP contribution in [0.5, 0.6) is 0 Å². The van der Waals surface area contributed by atoms with Crippen LogP contribution < -0.4 is 11.1 Å². The minimum atomic E-state index is -4.41. The van der Waals surface area contributed by atoms with E-state index in [1.54, 1.807) is 42.5 Å². The van der Waals surface area contributed by atoms with Crippen LogP contribution in [0.3, 0.4) is 0 Å². The van der Waals surface area contributed by atoms with E-state index in [4.69, 9.17) is 10.8 Å². The molecule has 232 valence electrons. The summed E-state index contributed by atoms with van der Waals surface area (Å²) in [4.78, 5) is 27.9. The number of quaternary nitrogens is 1. The van der Waals surface area contributed by atoms with Gasteiger partial charge in [-0.2, -0.15) is 0 Å². The van der Waals surface area contributed by atoms with Crippen LogP contribution in [0.4, 0.5) is 17.1 Å². The number of carbonyl (C=O) groups is 2. The van der Waals surface area contributed by atoms with Crippen molar-refractivity contribution in [1.29, 1.82) is 0 Å². The molecule has 0 fully saturated rings. The lowest BCUT2D eigenvalue weighted by molar-refractivity contribution is -0.867. The fourth-order valence-electron chi connectivity index (χ4n) is 4.10. The highest BCUT2D eigenvalue weighted by atomic mass is 32.3. The van der Waals surface area contributed by atoms with Gasteiger partial charge in [0, 0.05) is 27.5 Å². The number of fused-ring (bicyclic) bond motifs is 2. The van der Waals surface area contributed by atoms with Gasteiger partial charge in [-0.15, -0.1) is 11.8 Å². The van der Waals surface area contributed by atoms with Crippen molar-refractivity contribution in [2.75, 3.05) is 64.0 Å². The van der Waals surface area contributed by atoms with Gasteiger partial charge in [0.2, 0.25) is 10.4 Å². The molecule has 4 N–H and O–H groups in total. The number of aliphatic hydroxyl groups excluding tert-OH is 1. The van der Waals surface area contributed by atoms with E-state index in [0.29, 0.717) is 27.4 Å². The quantitative estimate of drug-likeness (QED) is 0.0747. The molecule has 0 bridgehead atoms. The summed E-state index contributed by atoms with van der Waals surface area (Å²) in [6.45, 7) is 0.361. The van der Waals surface area contributed by atoms with E-state index in [1.807, 2.05) is 0 Å². The van der Waals surface area contributed by atoms with Gasteiger partial charge in [-0.1, -0.05) is 30.3 Å². The molecular weight excluding hydrogens is 619 g/mol. The summed E-state index contributed by atoms with van der Waals surface area (Å²) >= 11 is 1.50. The largest absolute Gasteiger partial charge is 0.726 e. The summed E-state index contributed by atoms with van der Waals surface area (Å²) in [7, 11) is -1.03. The van der Waals surface area contributed by atoms with Gasteiger partial charge in [0.05, 0.1) is 74.6 Å². The first-order valence-electron chi connectivity index (χ1n) is 12.8. The lowest BCUT2D eigenvalue weighted by atomic mass is 9.82. The number of hydrogen-bond donors (Lipinski definition) is 3. The van der Waals surface area contributed by atoms with E-state index >= 15 is 0 Å². The second-order valence-electron chi connectivity index (χ2n) is 10.4. The van der Waals surface area contributed by atoms with E-state index in [9.17, 15) is 31.0 Å². The molecule has 43 heavy (non-hydrogen) atoms. The molecule has 0 heterocycles. The molecule has 0 atom stereocenters. The first-order valence-corrected chi connectivity index (χ1v) is 16.8. The summed E-state index contributed by atoms with van der Waals surface area (Å²) in [5.41, 5.74) is 8.51. The van der Waals surface area contributed by atoms with Gasteiger partial charge < -0.3 is 25.2 Å². The van der Waals surface area contributed by atoms with Crippen molar-refractivity contribution in [2.24, 2.45) is 0 Å². The molecular formula is C28H33N3O9S3. The van der Waals surface area contributed by atoms with Crippen LogP contribution in [0.25, 0.3) is 0 Å². The first-order chi connectivity index (χ1) is 20.0. The van der Waals surface area contributed by atoms with Crippen LogP contribution in [0.1, 0.15) is 31.8 Å². The molecule has 0 radical (unpaired) electrons. The molecule has 0 saturated heterocycles. The first kappa shape index (κ1) is 34.2. The van der Waals surface area contributed by atoms with E-state index in [1.165, 1.54) is 23.9 Å². The monoisotopic (exact) mass is 651 g/mol. The van der Waals surface area contributed by atoms with Crippen molar-refractivity contribution >= 4 is 60.6 Å². The lowest BCUT2D eigenvalue weighted by Gasteiger charge is -2.25. The topological polar surface area (TPSA) is 193 Å². The zero-order valence-corrected chi connectivity index (χ0v) is 26.4. The Morgan fingerprint density at radius 2 is 1.53 bits per heavy atom. The molecule has 1 aliphatic rings. The Kier molecular flexibility index (Phi) is 10.8. The number of hydrogen-bond acceptors (Lipinski definition) is 12. The smallest absolute Gasteiger partial charge is 0.217 e. The number of rotatable bonds is 10. The Balaban J connectivity index is 0.000000765. The molecule has 0 unspecified atom stereocenters. The Hall–Kier alpha value is -3.31.